The number of benzene rings is 1. The summed E-state index contributed by atoms with van der Waals surface area (Å²) in [5, 5.41) is 0. The zero-order valence-electron chi connectivity index (χ0n) is 12.8. The van der Waals surface area contributed by atoms with Crippen LogP contribution in [0.5, 0.6) is 5.75 Å². The Morgan fingerprint density at radius 3 is 2.88 bits per heavy atom. The lowest BCUT2D eigenvalue weighted by Gasteiger charge is -2.13. The van der Waals surface area contributed by atoms with Gasteiger partial charge in [0.2, 0.25) is 0 Å². The van der Waals surface area contributed by atoms with Crippen LogP contribution in [0, 0.1) is 0 Å². The van der Waals surface area contributed by atoms with Crippen molar-refractivity contribution in [3.63, 3.8) is 0 Å². The van der Waals surface area contributed by atoms with Gasteiger partial charge in [-0.2, -0.15) is 0 Å². The number of amides is 1. The molecule has 2 heterocycles. The molecule has 0 bridgehead atoms. The van der Waals surface area contributed by atoms with E-state index in [-0.39, 0.29) is 17.4 Å². The van der Waals surface area contributed by atoms with Crippen LogP contribution in [0.4, 0.5) is 11.5 Å². The summed E-state index contributed by atoms with van der Waals surface area (Å²) >= 11 is 0. The summed E-state index contributed by atoms with van der Waals surface area (Å²) < 4.78 is 6.80. The van der Waals surface area contributed by atoms with Gasteiger partial charge in [0.15, 0.2) is 11.6 Å². The van der Waals surface area contributed by atoms with Crippen molar-refractivity contribution in [1.29, 1.82) is 0 Å². The van der Waals surface area contributed by atoms with Gasteiger partial charge in [-0.15, -0.1) is 0 Å². The summed E-state index contributed by atoms with van der Waals surface area (Å²) in [7, 11) is 1.50. The molecular formula is C15H15N7O2. The molecule has 2 aromatic heterocycles. The highest BCUT2D eigenvalue weighted by molar-refractivity contribution is 5.97. The molecule has 0 aliphatic rings. The van der Waals surface area contributed by atoms with Crippen LogP contribution in [0.3, 0.4) is 0 Å². The Labute approximate surface area is 137 Å². The molecule has 4 N–H and O–H groups in total. The van der Waals surface area contributed by atoms with Gasteiger partial charge in [-0.25, -0.2) is 15.0 Å². The van der Waals surface area contributed by atoms with Crippen molar-refractivity contribution in [1.82, 2.24) is 24.9 Å². The van der Waals surface area contributed by atoms with Crippen LogP contribution >= 0.6 is 0 Å². The standard InChI is InChI=1S/C15H15N7O2/c1-24-11-5-3-2-4-10(11)15(23)21-20-13-12(16)14(19-8-18-13)22-7-6-17-9-22/h2-9H,16H2,1H3,(H,21,23)(H,18,19,20). The molecule has 3 rings (SSSR count). The Morgan fingerprint density at radius 1 is 1.29 bits per heavy atom. The summed E-state index contributed by atoms with van der Waals surface area (Å²) in [6, 6.07) is 6.87. The average molecular weight is 325 g/mol. The molecule has 0 aliphatic carbocycles. The number of nitrogens with two attached hydrogens (primary N) is 1. The van der Waals surface area contributed by atoms with E-state index in [1.54, 1.807) is 47.6 Å². The number of nitrogen functional groups attached to an aromatic ring is 1. The number of para-hydroxylation sites is 1. The van der Waals surface area contributed by atoms with Crippen molar-refractivity contribution >= 4 is 17.4 Å². The maximum Gasteiger partial charge on any atom is 0.273 e. The van der Waals surface area contributed by atoms with E-state index in [2.05, 4.69) is 25.8 Å². The van der Waals surface area contributed by atoms with E-state index in [1.165, 1.54) is 13.4 Å². The summed E-state index contributed by atoms with van der Waals surface area (Å²) in [5.41, 5.74) is 11.9. The number of imidazole rings is 1. The molecule has 0 fully saturated rings. The van der Waals surface area contributed by atoms with Gasteiger partial charge < -0.3 is 10.5 Å². The molecule has 0 aliphatic heterocycles. The van der Waals surface area contributed by atoms with Crippen molar-refractivity contribution in [2.45, 2.75) is 0 Å². The first-order valence-corrected chi connectivity index (χ1v) is 6.99. The zero-order valence-corrected chi connectivity index (χ0v) is 12.8. The summed E-state index contributed by atoms with van der Waals surface area (Å²) in [6.07, 6.45) is 6.22. The second kappa shape index (κ2) is 6.65. The monoisotopic (exact) mass is 325 g/mol. The van der Waals surface area contributed by atoms with E-state index in [9.17, 15) is 4.79 Å². The smallest absolute Gasteiger partial charge is 0.273 e. The van der Waals surface area contributed by atoms with Crippen LogP contribution in [0.1, 0.15) is 10.4 Å². The molecule has 9 heteroatoms. The van der Waals surface area contributed by atoms with Crippen LogP contribution in [-0.2, 0) is 0 Å². The Kier molecular flexibility index (Phi) is 4.23. The largest absolute Gasteiger partial charge is 0.496 e. The molecule has 1 amide bonds. The SMILES string of the molecule is COc1ccccc1C(=O)NNc1ncnc(-n2ccnc2)c1N. The minimum absolute atomic E-state index is 0.274. The van der Waals surface area contributed by atoms with E-state index in [0.717, 1.165) is 0 Å². The summed E-state index contributed by atoms with van der Waals surface area (Å²) in [5.74, 6) is 0.815. The third-order valence-electron chi connectivity index (χ3n) is 3.26. The molecule has 24 heavy (non-hydrogen) atoms. The quantitative estimate of drug-likeness (QED) is 0.599. The molecule has 0 radical (unpaired) electrons. The molecule has 3 aromatic rings. The Bertz CT molecular complexity index is 849. The van der Waals surface area contributed by atoms with Crippen molar-refractivity contribution in [3.8, 4) is 11.6 Å². The van der Waals surface area contributed by atoms with Gasteiger partial charge in [0.25, 0.3) is 5.91 Å². The number of carbonyl (C=O) groups excluding carboxylic acids is 1. The normalized spacial score (nSPS) is 10.2. The number of nitrogens with one attached hydrogen (secondary N) is 2. The first-order valence-electron chi connectivity index (χ1n) is 6.99. The fourth-order valence-corrected chi connectivity index (χ4v) is 2.09. The van der Waals surface area contributed by atoms with Crippen LogP contribution in [0.15, 0.2) is 49.3 Å². The number of hydrazine groups is 1. The second-order valence-electron chi connectivity index (χ2n) is 4.71. The number of ether oxygens (including phenoxy) is 1. The molecule has 0 spiro atoms. The lowest BCUT2D eigenvalue weighted by Crippen LogP contribution is -2.30. The van der Waals surface area contributed by atoms with Crippen LogP contribution < -0.4 is 21.3 Å². The van der Waals surface area contributed by atoms with E-state index in [0.29, 0.717) is 17.1 Å². The van der Waals surface area contributed by atoms with E-state index in [4.69, 9.17) is 10.5 Å². The van der Waals surface area contributed by atoms with Gasteiger partial charge in [0.1, 0.15) is 24.1 Å². The van der Waals surface area contributed by atoms with Crippen LogP contribution in [-0.4, -0.2) is 32.5 Å². The van der Waals surface area contributed by atoms with E-state index in [1.807, 2.05) is 0 Å². The van der Waals surface area contributed by atoms with E-state index >= 15 is 0 Å². The third kappa shape index (κ3) is 2.95. The number of hydrogen-bond acceptors (Lipinski definition) is 7. The predicted molar refractivity (Wildman–Crippen MR) is 87.6 cm³/mol. The lowest BCUT2D eigenvalue weighted by atomic mass is 10.2. The number of hydrogen-bond donors (Lipinski definition) is 3. The fourth-order valence-electron chi connectivity index (χ4n) is 2.09. The topological polar surface area (TPSA) is 120 Å². The molecule has 9 nitrogen and oxygen atoms in total. The fraction of sp³-hybridized carbons (Fsp3) is 0.0667. The van der Waals surface area contributed by atoms with Gasteiger partial charge in [0.05, 0.1) is 12.7 Å². The average Bonchev–Trinajstić information content (AvgIpc) is 3.15. The number of anilines is 2. The highest BCUT2D eigenvalue weighted by Gasteiger charge is 2.13. The molecule has 122 valence electrons. The Hall–Kier alpha value is -3.62. The summed E-state index contributed by atoms with van der Waals surface area (Å²) in [6.45, 7) is 0. The number of rotatable bonds is 5. The molecular weight excluding hydrogens is 310 g/mol. The summed E-state index contributed by atoms with van der Waals surface area (Å²) in [4.78, 5) is 24.4. The van der Waals surface area contributed by atoms with Crippen molar-refractivity contribution in [2.24, 2.45) is 0 Å². The first kappa shape index (κ1) is 15.3. The van der Waals surface area contributed by atoms with Crippen LogP contribution in [0.25, 0.3) is 5.82 Å². The number of carbonyl (C=O) groups is 1. The Balaban J connectivity index is 1.78. The van der Waals surface area contributed by atoms with Gasteiger partial charge in [-0.05, 0) is 12.1 Å². The van der Waals surface area contributed by atoms with Gasteiger partial charge in [0, 0.05) is 12.4 Å². The molecule has 0 unspecified atom stereocenters. The van der Waals surface area contributed by atoms with Crippen molar-refractivity contribution in [3.05, 3.63) is 54.9 Å². The maximum atomic E-state index is 12.3. The number of methoxy groups -OCH3 is 1. The molecule has 0 saturated heterocycles. The predicted octanol–water partition coefficient (Wildman–Crippen LogP) is 1.01. The van der Waals surface area contributed by atoms with Crippen molar-refractivity contribution < 1.29 is 9.53 Å². The second-order valence-corrected chi connectivity index (χ2v) is 4.71. The molecule has 1 aromatic carbocycles. The van der Waals surface area contributed by atoms with Gasteiger partial charge >= 0.3 is 0 Å². The lowest BCUT2D eigenvalue weighted by molar-refractivity contribution is 0.0959. The first-order chi connectivity index (χ1) is 11.7. The van der Waals surface area contributed by atoms with Gasteiger partial charge in [-0.1, -0.05) is 12.1 Å². The van der Waals surface area contributed by atoms with E-state index < -0.39 is 0 Å². The minimum atomic E-state index is -0.380. The highest BCUT2D eigenvalue weighted by atomic mass is 16.5. The highest BCUT2D eigenvalue weighted by Crippen LogP contribution is 2.21. The minimum Gasteiger partial charge on any atom is -0.496 e. The van der Waals surface area contributed by atoms with Crippen LogP contribution in [0.2, 0.25) is 0 Å². The molecule has 0 saturated carbocycles. The number of aromatic nitrogens is 4. The zero-order chi connectivity index (χ0) is 16.9. The molecule has 0 atom stereocenters. The Morgan fingerprint density at radius 2 is 2.12 bits per heavy atom. The third-order valence-corrected chi connectivity index (χ3v) is 3.26. The van der Waals surface area contributed by atoms with Gasteiger partial charge in [-0.3, -0.25) is 20.2 Å². The number of nitrogens with zero attached hydrogens (tertiary/aromatic N) is 4. The maximum absolute atomic E-state index is 12.3. The van der Waals surface area contributed by atoms with Crippen molar-refractivity contribution in [2.75, 3.05) is 18.3 Å².